The fourth-order valence-electron chi connectivity index (χ4n) is 2.48. The maximum Gasteiger partial charge on any atom is 0.247 e. The van der Waals surface area contributed by atoms with Crippen LogP contribution in [0, 0.1) is 11.5 Å². The van der Waals surface area contributed by atoms with E-state index < -0.39 is 11.2 Å². The Hall–Kier alpha value is -2.53. The summed E-state index contributed by atoms with van der Waals surface area (Å²) >= 11 is 12.9. The topological polar surface area (TPSA) is 85.6 Å². The lowest BCUT2D eigenvalue weighted by Gasteiger charge is -2.15. The molecule has 1 saturated heterocycles. The summed E-state index contributed by atoms with van der Waals surface area (Å²) in [7, 11) is 0. The van der Waals surface area contributed by atoms with Gasteiger partial charge in [0.1, 0.15) is 5.25 Å². The van der Waals surface area contributed by atoms with Crippen molar-refractivity contribution < 1.29 is 9.59 Å². The first-order valence-corrected chi connectivity index (χ1v) is 9.40. The monoisotopic (exact) mass is 418 g/mol. The highest BCUT2D eigenvalue weighted by Gasteiger charge is 2.41. The molecule has 1 atom stereocenters. The quantitative estimate of drug-likeness (QED) is 0.266. The Morgan fingerprint density at radius 1 is 1.19 bits per heavy atom. The van der Waals surface area contributed by atoms with E-state index in [-0.39, 0.29) is 22.5 Å². The molecule has 1 N–H and O–H groups in total. The van der Waals surface area contributed by atoms with Crippen LogP contribution in [-0.4, -0.2) is 22.2 Å². The van der Waals surface area contributed by atoms with Gasteiger partial charge in [-0.05, 0) is 30.3 Å². The molecule has 1 heterocycles. The van der Waals surface area contributed by atoms with E-state index in [1.807, 2.05) is 18.2 Å². The zero-order valence-corrected chi connectivity index (χ0v) is 16.1. The Morgan fingerprint density at radius 2 is 1.93 bits per heavy atom. The van der Waals surface area contributed by atoms with E-state index in [9.17, 15) is 9.59 Å². The molecular weight excluding hydrogens is 407 g/mol. The number of carbonyl (C=O) groups excluding carboxylic acids is 2. The van der Waals surface area contributed by atoms with Crippen LogP contribution < -0.4 is 10.2 Å². The number of amidine groups is 1. The van der Waals surface area contributed by atoms with Crippen LogP contribution in [0.25, 0.3) is 0 Å². The second-order valence-electron chi connectivity index (χ2n) is 5.47. The number of thioether (sulfide) groups is 1. The highest BCUT2D eigenvalue weighted by atomic mass is 35.5. The van der Waals surface area contributed by atoms with Gasteiger partial charge in [0.25, 0.3) is 0 Å². The first kappa shape index (κ1) is 19.2. The average molecular weight is 419 g/mol. The third kappa shape index (κ3) is 4.42. The standard InChI is InChI=1S/C18H12Cl2N4O2S/c19-13-7-6-12(8-14(13)20)24-16(25)9-15(17(24)26)27-18(22-10-21)23-11-4-2-1-3-5-11/h1-8,15H,9H2,(H,22,23). The van der Waals surface area contributed by atoms with Crippen LogP contribution in [0.15, 0.2) is 53.5 Å². The SMILES string of the molecule is N#CNC(=Nc1ccccc1)SC1CC(=O)N(c2ccc(Cl)c(Cl)c2)C1=O. The van der Waals surface area contributed by atoms with E-state index in [2.05, 4.69) is 10.3 Å². The van der Waals surface area contributed by atoms with Gasteiger partial charge in [-0.15, -0.1) is 0 Å². The number of anilines is 1. The van der Waals surface area contributed by atoms with Crippen LogP contribution in [0.3, 0.4) is 0 Å². The molecule has 3 rings (SSSR count). The van der Waals surface area contributed by atoms with Crippen LogP contribution in [0.2, 0.25) is 10.0 Å². The van der Waals surface area contributed by atoms with E-state index in [0.29, 0.717) is 16.4 Å². The number of carbonyl (C=O) groups is 2. The molecular formula is C18H12Cl2N4O2S. The molecule has 6 nitrogen and oxygen atoms in total. The van der Waals surface area contributed by atoms with Crippen LogP contribution in [-0.2, 0) is 9.59 Å². The number of hydrogen-bond acceptors (Lipinski definition) is 5. The van der Waals surface area contributed by atoms with Gasteiger partial charge < -0.3 is 0 Å². The molecule has 27 heavy (non-hydrogen) atoms. The molecule has 1 fully saturated rings. The second kappa shape index (κ2) is 8.44. The van der Waals surface area contributed by atoms with Gasteiger partial charge in [-0.2, -0.15) is 5.26 Å². The van der Waals surface area contributed by atoms with Crippen LogP contribution in [0.1, 0.15) is 6.42 Å². The zero-order valence-electron chi connectivity index (χ0n) is 13.7. The van der Waals surface area contributed by atoms with Crippen molar-refractivity contribution >= 4 is 63.3 Å². The van der Waals surface area contributed by atoms with Crippen molar-refractivity contribution in [2.45, 2.75) is 11.7 Å². The van der Waals surface area contributed by atoms with Gasteiger partial charge in [0, 0.05) is 6.42 Å². The number of hydrogen-bond donors (Lipinski definition) is 1. The molecule has 0 spiro atoms. The molecule has 1 aliphatic rings. The van der Waals surface area contributed by atoms with Gasteiger partial charge in [0.2, 0.25) is 11.8 Å². The minimum Gasteiger partial charge on any atom is -0.274 e. The third-order valence-electron chi connectivity index (χ3n) is 3.67. The summed E-state index contributed by atoms with van der Waals surface area (Å²) in [6.45, 7) is 0. The first-order valence-electron chi connectivity index (χ1n) is 7.77. The van der Waals surface area contributed by atoms with Crippen molar-refractivity contribution in [3.8, 4) is 6.19 Å². The Balaban J connectivity index is 1.82. The van der Waals surface area contributed by atoms with Crippen molar-refractivity contribution in [2.75, 3.05) is 4.90 Å². The van der Waals surface area contributed by atoms with E-state index in [1.165, 1.54) is 12.1 Å². The Labute approximate surface area is 169 Å². The number of aliphatic imine (C=N–C) groups is 1. The summed E-state index contributed by atoms with van der Waals surface area (Å²) < 4.78 is 0. The number of para-hydroxylation sites is 1. The summed E-state index contributed by atoms with van der Waals surface area (Å²) in [5.74, 6) is -0.754. The maximum atomic E-state index is 12.7. The van der Waals surface area contributed by atoms with Crippen molar-refractivity contribution in [3.63, 3.8) is 0 Å². The smallest absolute Gasteiger partial charge is 0.247 e. The molecule has 0 aliphatic carbocycles. The number of benzene rings is 2. The van der Waals surface area contributed by atoms with Crippen molar-refractivity contribution in [1.29, 1.82) is 5.26 Å². The highest BCUT2D eigenvalue weighted by Crippen LogP contribution is 2.33. The molecule has 1 unspecified atom stereocenters. The lowest BCUT2D eigenvalue weighted by molar-refractivity contribution is -0.121. The van der Waals surface area contributed by atoms with E-state index >= 15 is 0 Å². The fourth-order valence-corrected chi connectivity index (χ4v) is 3.73. The van der Waals surface area contributed by atoms with Gasteiger partial charge in [0.05, 0.1) is 21.4 Å². The molecule has 0 aromatic heterocycles. The maximum absolute atomic E-state index is 12.7. The Kier molecular flexibility index (Phi) is 6.01. The summed E-state index contributed by atoms with van der Waals surface area (Å²) in [6, 6.07) is 13.6. The van der Waals surface area contributed by atoms with Crippen LogP contribution >= 0.6 is 35.0 Å². The number of halogens is 2. The number of amides is 2. The molecule has 2 amide bonds. The zero-order chi connectivity index (χ0) is 19.4. The lowest BCUT2D eigenvalue weighted by Crippen LogP contribution is -2.32. The molecule has 0 radical (unpaired) electrons. The molecule has 9 heteroatoms. The van der Waals surface area contributed by atoms with Gasteiger partial charge in [-0.1, -0.05) is 53.2 Å². The number of nitrogens with one attached hydrogen (secondary N) is 1. The van der Waals surface area contributed by atoms with E-state index in [0.717, 1.165) is 16.7 Å². The van der Waals surface area contributed by atoms with Gasteiger partial charge in [0.15, 0.2) is 11.4 Å². The van der Waals surface area contributed by atoms with Crippen molar-refractivity contribution in [2.24, 2.45) is 4.99 Å². The van der Waals surface area contributed by atoms with Crippen LogP contribution in [0.4, 0.5) is 11.4 Å². The predicted octanol–water partition coefficient (Wildman–Crippen LogP) is 4.12. The highest BCUT2D eigenvalue weighted by molar-refractivity contribution is 8.15. The molecule has 136 valence electrons. The predicted molar refractivity (Wildman–Crippen MR) is 107 cm³/mol. The average Bonchev–Trinajstić information content (AvgIpc) is 2.92. The largest absolute Gasteiger partial charge is 0.274 e. The first-order chi connectivity index (χ1) is 13.0. The van der Waals surface area contributed by atoms with Crippen molar-refractivity contribution in [1.82, 2.24) is 5.32 Å². The number of nitrogens with zero attached hydrogens (tertiary/aromatic N) is 3. The second-order valence-corrected chi connectivity index (χ2v) is 7.47. The molecule has 2 aromatic carbocycles. The fraction of sp³-hybridized carbons (Fsp3) is 0.111. The van der Waals surface area contributed by atoms with Gasteiger partial charge >= 0.3 is 0 Å². The normalized spacial score (nSPS) is 17.1. The number of imide groups is 1. The van der Waals surface area contributed by atoms with E-state index in [1.54, 1.807) is 24.4 Å². The lowest BCUT2D eigenvalue weighted by atomic mass is 10.3. The summed E-state index contributed by atoms with van der Waals surface area (Å²) in [6.07, 6.45) is 1.79. The minimum atomic E-state index is -0.699. The molecule has 1 aliphatic heterocycles. The summed E-state index contributed by atoms with van der Waals surface area (Å²) in [5, 5.41) is 11.5. The minimum absolute atomic E-state index is 0.00926. The summed E-state index contributed by atoms with van der Waals surface area (Å²) in [4.78, 5) is 30.5. The van der Waals surface area contributed by atoms with E-state index in [4.69, 9.17) is 28.5 Å². The molecule has 0 bridgehead atoms. The van der Waals surface area contributed by atoms with Crippen LogP contribution in [0.5, 0.6) is 0 Å². The van der Waals surface area contributed by atoms with Crippen molar-refractivity contribution in [3.05, 3.63) is 58.6 Å². The van der Waals surface area contributed by atoms with Gasteiger partial charge in [-0.3, -0.25) is 14.9 Å². The van der Waals surface area contributed by atoms with Gasteiger partial charge in [-0.25, -0.2) is 9.89 Å². The molecule has 0 saturated carbocycles. The third-order valence-corrected chi connectivity index (χ3v) is 5.48. The number of nitriles is 1. The Bertz CT molecular complexity index is 960. The molecule has 2 aromatic rings. The summed E-state index contributed by atoms with van der Waals surface area (Å²) in [5.41, 5.74) is 0.984. The number of rotatable bonds is 3. The Morgan fingerprint density at radius 3 is 2.59 bits per heavy atom.